The molecule has 1 nitrogen and oxygen atoms in total. The van der Waals surface area contributed by atoms with Crippen molar-refractivity contribution in [1.82, 2.24) is 5.32 Å². The topological polar surface area (TPSA) is 12.0 Å². The van der Waals surface area contributed by atoms with E-state index < -0.39 is 0 Å². The number of nitrogens with one attached hydrogen (secondary N) is 1. The number of aryl methyl sites for hydroxylation is 1. The van der Waals surface area contributed by atoms with Crippen LogP contribution in [0.25, 0.3) is 5.57 Å². The first-order valence-corrected chi connectivity index (χ1v) is 7.72. The van der Waals surface area contributed by atoms with Gasteiger partial charge in [0.25, 0.3) is 0 Å². The maximum atomic E-state index is 4.22. The van der Waals surface area contributed by atoms with Gasteiger partial charge in [-0.1, -0.05) is 64.6 Å². The van der Waals surface area contributed by atoms with Crippen LogP contribution >= 0.6 is 0 Å². The summed E-state index contributed by atoms with van der Waals surface area (Å²) in [5.41, 5.74) is 6.23. The zero-order valence-electron chi connectivity index (χ0n) is 14.3. The number of benzene rings is 1. The second-order valence-corrected chi connectivity index (χ2v) is 6.18. The highest BCUT2D eigenvalue weighted by molar-refractivity contribution is 5.74. The van der Waals surface area contributed by atoms with E-state index in [2.05, 4.69) is 76.9 Å². The lowest BCUT2D eigenvalue weighted by atomic mass is 9.94. The van der Waals surface area contributed by atoms with Gasteiger partial charge >= 0.3 is 0 Å². The average Bonchev–Trinajstić information content (AvgIpc) is 2.42. The molecule has 1 heteroatoms. The van der Waals surface area contributed by atoms with Gasteiger partial charge in [-0.05, 0) is 52.8 Å². The predicted molar refractivity (Wildman–Crippen MR) is 95.4 cm³/mol. The Hall–Kier alpha value is -1.76. The molecule has 0 spiro atoms. The SMILES string of the molecule is C=C(/C=C\C(=C/NC)C(C)C)c1ccc(C(C)C)cc1C. The van der Waals surface area contributed by atoms with E-state index in [1.54, 1.807) is 0 Å². The largest absolute Gasteiger partial charge is 0.394 e. The maximum Gasteiger partial charge on any atom is 0.00278 e. The fraction of sp³-hybridized carbons (Fsp3) is 0.400. The molecule has 0 unspecified atom stereocenters. The van der Waals surface area contributed by atoms with Crippen molar-refractivity contribution in [3.63, 3.8) is 0 Å². The van der Waals surface area contributed by atoms with Gasteiger partial charge in [0.1, 0.15) is 0 Å². The molecule has 114 valence electrons. The summed E-state index contributed by atoms with van der Waals surface area (Å²) in [5, 5.41) is 3.10. The molecular weight excluding hydrogens is 254 g/mol. The molecule has 21 heavy (non-hydrogen) atoms. The lowest BCUT2D eigenvalue weighted by molar-refractivity contribution is 0.780. The molecule has 1 aromatic rings. The summed E-state index contributed by atoms with van der Waals surface area (Å²) < 4.78 is 0. The average molecular weight is 283 g/mol. The molecule has 1 aromatic carbocycles. The molecule has 0 aliphatic rings. The van der Waals surface area contributed by atoms with Gasteiger partial charge in [-0.2, -0.15) is 0 Å². The Balaban J connectivity index is 2.97. The second-order valence-electron chi connectivity index (χ2n) is 6.18. The quantitative estimate of drug-likeness (QED) is 0.685. The Labute approximate surface area is 130 Å². The van der Waals surface area contributed by atoms with Crippen LogP contribution in [-0.4, -0.2) is 7.05 Å². The Morgan fingerprint density at radius 1 is 1.14 bits per heavy atom. The fourth-order valence-electron chi connectivity index (χ4n) is 2.27. The highest BCUT2D eigenvalue weighted by atomic mass is 14.8. The molecule has 0 aromatic heterocycles. The molecule has 0 bridgehead atoms. The molecule has 0 saturated carbocycles. The van der Waals surface area contributed by atoms with Crippen molar-refractivity contribution in [2.45, 2.75) is 40.5 Å². The summed E-state index contributed by atoms with van der Waals surface area (Å²) >= 11 is 0. The van der Waals surface area contributed by atoms with E-state index in [1.165, 1.54) is 22.3 Å². The first-order chi connectivity index (χ1) is 9.86. The third-order valence-electron chi connectivity index (χ3n) is 3.72. The summed E-state index contributed by atoms with van der Waals surface area (Å²) in [5.74, 6) is 1.05. The number of allylic oxidation sites excluding steroid dienone is 4. The number of hydrogen-bond acceptors (Lipinski definition) is 1. The monoisotopic (exact) mass is 283 g/mol. The van der Waals surface area contributed by atoms with Crippen molar-refractivity contribution < 1.29 is 0 Å². The molecule has 0 heterocycles. The zero-order chi connectivity index (χ0) is 16.0. The minimum atomic E-state index is 0.492. The Morgan fingerprint density at radius 2 is 1.81 bits per heavy atom. The second kappa shape index (κ2) is 7.87. The normalized spacial score (nSPS) is 12.5. The summed E-state index contributed by atoms with van der Waals surface area (Å²) in [7, 11) is 1.93. The predicted octanol–water partition coefficient (Wildman–Crippen LogP) is 5.45. The van der Waals surface area contributed by atoms with Gasteiger partial charge in [-0.25, -0.2) is 0 Å². The summed E-state index contributed by atoms with van der Waals surface area (Å²) in [6.45, 7) is 15.2. The molecule has 0 atom stereocenters. The molecule has 0 saturated heterocycles. The Morgan fingerprint density at radius 3 is 2.29 bits per heavy atom. The van der Waals surface area contributed by atoms with Gasteiger partial charge in [0.05, 0.1) is 0 Å². The lowest BCUT2D eigenvalue weighted by Gasteiger charge is -2.12. The molecule has 1 N–H and O–H groups in total. The van der Waals surface area contributed by atoms with E-state index in [0.717, 1.165) is 5.57 Å². The molecular formula is C20H29N. The van der Waals surface area contributed by atoms with Crippen LogP contribution in [0, 0.1) is 12.8 Å². The molecule has 0 aliphatic heterocycles. The highest BCUT2D eigenvalue weighted by Gasteiger charge is 2.05. The maximum absolute atomic E-state index is 4.22. The number of hydrogen-bond donors (Lipinski definition) is 1. The van der Waals surface area contributed by atoms with Gasteiger partial charge in [0.2, 0.25) is 0 Å². The zero-order valence-corrected chi connectivity index (χ0v) is 14.3. The van der Waals surface area contributed by atoms with E-state index in [9.17, 15) is 0 Å². The van der Waals surface area contributed by atoms with Crippen molar-refractivity contribution in [2.24, 2.45) is 5.92 Å². The van der Waals surface area contributed by atoms with E-state index in [-0.39, 0.29) is 0 Å². The molecule has 0 aliphatic carbocycles. The van der Waals surface area contributed by atoms with Gasteiger partial charge in [0, 0.05) is 7.05 Å². The van der Waals surface area contributed by atoms with Crippen LogP contribution in [0.1, 0.15) is 50.3 Å². The standard InChI is InChI=1S/C20H29N/c1-14(2)18-10-11-20(17(6)12-18)16(5)8-9-19(13-21-7)15(3)4/h8-15,21H,5H2,1-4,6-7H3/b9-8-,19-13+. The van der Waals surface area contributed by atoms with Crippen molar-refractivity contribution in [3.05, 3.63) is 65.4 Å². The van der Waals surface area contributed by atoms with Crippen molar-refractivity contribution >= 4 is 5.57 Å². The van der Waals surface area contributed by atoms with E-state index in [1.807, 2.05) is 13.2 Å². The van der Waals surface area contributed by atoms with E-state index in [4.69, 9.17) is 0 Å². The van der Waals surface area contributed by atoms with Crippen LogP contribution in [0.5, 0.6) is 0 Å². The first-order valence-electron chi connectivity index (χ1n) is 7.72. The molecule has 1 rings (SSSR count). The van der Waals surface area contributed by atoms with Gasteiger partial charge < -0.3 is 5.32 Å². The van der Waals surface area contributed by atoms with Crippen molar-refractivity contribution in [3.8, 4) is 0 Å². The minimum Gasteiger partial charge on any atom is -0.394 e. The minimum absolute atomic E-state index is 0.492. The highest BCUT2D eigenvalue weighted by Crippen LogP contribution is 2.24. The van der Waals surface area contributed by atoms with Gasteiger partial charge in [-0.3, -0.25) is 0 Å². The van der Waals surface area contributed by atoms with Crippen LogP contribution < -0.4 is 5.32 Å². The van der Waals surface area contributed by atoms with Crippen LogP contribution in [0.15, 0.2) is 48.7 Å². The summed E-state index contributed by atoms with van der Waals surface area (Å²) in [6, 6.07) is 6.67. The Bertz CT molecular complexity index is 545. The van der Waals surface area contributed by atoms with Crippen LogP contribution in [0.2, 0.25) is 0 Å². The molecule has 0 fully saturated rings. The third kappa shape index (κ3) is 4.93. The summed E-state index contributed by atoms with van der Waals surface area (Å²) in [4.78, 5) is 0. The smallest absolute Gasteiger partial charge is 0.00278 e. The first kappa shape index (κ1) is 17.3. The van der Waals surface area contributed by atoms with Gasteiger partial charge in [-0.15, -0.1) is 0 Å². The van der Waals surface area contributed by atoms with Crippen LogP contribution in [0.4, 0.5) is 0 Å². The van der Waals surface area contributed by atoms with Crippen molar-refractivity contribution in [1.29, 1.82) is 0 Å². The molecule has 0 radical (unpaired) electrons. The van der Waals surface area contributed by atoms with E-state index >= 15 is 0 Å². The van der Waals surface area contributed by atoms with Gasteiger partial charge in [0.15, 0.2) is 0 Å². The Kier molecular flexibility index (Phi) is 6.48. The van der Waals surface area contributed by atoms with E-state index in [0.29, 0.717) is 11.8 Å². The van der Waals surface area contributed by atoms with Crippen LogP contribution in [0.3, 0.4) is 0 Å². The van der Waals surface area contributed by atoms with Crippen molar-refractivity contribution in [2.75, 3.05) is 7.05 Å². The number of rotatable bonds is 6. The lowest BCUT2D eigenvalue weighted by Crippen LogP contribution is -2.00. The molecule has 0 amide bonds. The van der Waals surface area contributed by atoms with Crippen LogP contribution in [-0.2, 0) is 0 Å². The summed E-state index contributed by atoms with van der Waals surface area (Å²) in [6.07, 6.45) is 6.31. The fourth-order valence-corrected chi connectivity index (χ4v) is 2.27. The third-order valence-corrected chi connectivity index (χ3v) is 3.72.